The molecule has 18 heavy (non-hydrogen) atoms. The van der Waals surface area contributed by atoms with Gasteiger partial charge in [0.1, 0.15) is 0 Å². The van der Waals surface area contributed by atoms with Crippen molar-refractivity contribution < 1.29 is 5.11 Å². The van der Waals surface area contributed by atoms with Crippen LogP contribution in [0.15, 0.2) is 12.1 Å². The topological polar surface area (TPSA) is 52.7 Å². The molecule has 5 heteroatoms. The van der Waals surface area contributed by atoms with Gasteiger partial charge in [-0.1, -0.05) is 0 Å². The van der Waals surface area contributed by atoms with E-state index in [-0.39, 0.29) is 6.61 Å². The highest BCUT2D eigenvalue weighted by molar-refractivity contribution is 7.15. The average molecular weight is 269 g/mol. The lowest BCUT2D eigenvalue weighted by Crippen LogP contribution is -2.50. The van der Waals surface area contributed by atoms with E-state index in [0.717, 1.165) is 44.1 Å². The summed E-state index contributed by atoms with van der Waals surface area (Å²) in [6, 6.07) is 4.70. The number of nitrogen functional groups attached to an aromatic ring is 1. The van der Waals surface area contributed by atoms with Crippen LogP contribution in [0.1, 0.15) is 11.8 Å². The van der Waals surface area contributed by atoms with Gasteiger partial charge in [-0.25, -0.2) is 0 Å². The minimum absolute atomic E-state index is 0.268. The molecule has 1 fully saturated rings. The van der Waals surface area contributed by atoms with Gasteiger partial charge in [0.05, 0.1) is 11.6 Å². The van der Waals surface area contributed by atoms with Crippen molar-refractivity contribution in [3.05, 3.63) is 17.0 Å². The third kappa shape index (κ3) is 3.68. The number of rotatable bonds is 5. The summed E-state index contributed by atoms with van der Waals surface area (Å²) in [6.07, 6.45) is 1.09. The molecule has 1 saturated heterocycles. The number of aliphatic hydroxyl groups excluding tert-OH is 1. The maximum atomic E-state index is 8.93. The Morgan fingerprint density at radius 3 is 2.61 bits per heavy atom. The quantitative estimate of drug-likeness (QED) is 0.833. The standard InChI is InChI=1S/C13H23N3OS/c1-11(10-12-2-3-13(14)18-12)16-6-4-15(5-7-16)8-9-17/h2-3,11,17H,4-10,14H2,1H3. The fourth-order valence-corrected chi connectivity index (χ4v) is 3.39. The van der Waals surface area contributed by atoms with Gasteiger partial charge in [-0.05, 0) is 25.5 Å². The fraction of sp³-hybridized carbons (Fsp3) is 0.692. The molecule has 1 unspecified atom stereocenters. The van der Waals surface area contributed by atoms with Gasteiger partial charge in [0.25, 0.3) is 0 Å². The SMILES string of the molecule is CC(Cc1ccc(N)s1)N1CCN(CCO)CC1. The molecule has 0 saturated carbocycles. The number of hydrogen-bond acceptors (Lipinski definition) is 5. The highest BCUT2D eigenvalue weighted by Crippen LogP contribution is 2.21. The number of β-amino-alcohol motifs (C(OH)–C–C–N with tert-alkyl or cyclic N) is 1. The van der Waals surface area contributed by atoms with E-state index in [1.165, 1.54) is 4.88 Å². The molecule has 0 aliphatic carbocycles. The lowest BCUT2D eigenvalue weighted by Gasteiger charge is -2.37. The van der Waals surface area contributed by atoms with Gasteiger partial charge in [-0.2, -0.15) is 0 Å². The zero-order valence-corrected chi connectivity index (χ0v) is 11.8. The first kappa shape index (κ1) is 13.8. The van der Waals surface area contributed by atoms with Gasteiger partial charge < -0.3 is 10.8 Å². The zero-order valence-electron chi connectivity index (χ0n) is 11.0. The molecule has 1 aliphatic rings. The van der Waals surface area contributed by atoms with Crippen LogP contribution in [0.4, 0.5) is 5.00 Å². The summed E-state index contributed by atoms with van der Waals surface area (Å²) in [4.78, 5) is 6.23. The van der Waals surface area contributed by atoms with Gasteiger partial charge in [-0.3, -0.25) is 9.80 Å². The van der Waals surface area contributed by atoms with Crippen molar-refractivity contribution in [2.45, 2.75) is 19.4 Å². The number of piperazine rings is 1. The van der Waals surface area contributed by atoms with E-state index >= 15 is 0 Å². The Bertz CT molecular complexity index is 361. The summed E-state index contributed by atoms with van der Waals surface area (Å²) in [7, 11) is 0. The number of nitrogens with two attached hydrogens (primary N) is 1. The van der Waals surface area contributed by atoms with E-state index in [1.54, 1.807) is 11.3 Å². The molecule has 0 amide bonds. The Morgan fingerprint density at radius 1 is 1.33 bits per heavy atom. The van der Waals surface area contributed by atoms with Crippen molar-refractivity contribution in [1.29, 1.82) is 0 Å². The van der Waals surface area contributed by atoms with E-state index < -0.39 is 0 Å². The monoisotopic (exact) mass is 269 g/mol. The molecule has 102 valence electrons. The fourth-order valence-electron chi connectivity index (χ4n) is 2.49. The van der Waals surface area contributed by atoms with E-state index in [0.29, 0.717) is 6.04 Å². The van der Waals surface area contributed by atoms with Crippen LogP contribution in [0.2, 0.25) is 0 Å². The summed E-state index contributed by atoms with van der Waals surface area (Å²) in [5, 5.41) is 9.83. The molecule has 4 nitrogen and oxygen atoms in total. The molecular formula is C13H23N3OS. The lowest BCUT2D eigenvalue weighted by atomic mass is 10.1. The van der Waals surface area contributed by atoms with Gasteiger partial charge in [-0.15, -0.1) is 11.3 Å². The van der Waals surface area contributed by atoms with Crippen LogP contribution >= 0.6 is 11.3 Å². The summed E-state index contributed by atoms with van der Waals surface area (Å²) in [6.45, 7) is 7.70. The third-order valence-corrected chi connectivity index (χ3v) is 4.56. The van der Waals surface area contributed by atoms with Crippen molar-refractivity contribution in [2.24, 2.45) is 0 Å². The molecule has 1 aliphatic heterocycles. The molecule has 2 rings (SSSR count). The van der Waals surface area contributed by atoms with Crippen LogP contribution < -0.4 is 5.73 Å². The highest BCUT2D eigenvalue weighted by atomic mass is 32.1. The van der Waals surface area contributed by atoms with Crippen LogP contribution in [-0.4, -0.2) is 60.3 Å². The molecule has 1 atom stereocenters. The minimum atomic E-state index is 0.268. The van der Waals surface area contributed by atoms with Crippen molar-refractivity contribution in [2.75, 3.05) is 45.1 Å². The number of hydrogen-bond donors (Lipinski definition) is 2. The molecule has 0 spiro atoms. The van der Waals surface area contributed by atoms with E-state index in [4.69, 9.17) is 10.8 Å². The second-order valence-electron chi connectivity index (χ2n) is 4.96. The number of anilines is 1. The Morgan fingerprint density at radius 2 is 2.06 bits per heavy atom. The molecule has 0 bridgehead atoms. The first-order valence-corrected chi connectivity index (χ1v) is 7.42. The van der Waals surface area contributed by atoms with Crippen LogP contribution in [0.5, 0.6) is 0 Å². The molecule has 3 N–H and O–H groups in total. The predicted octanol–water partition coefficient (Wildman–Crippen LogP) is 0.871. The Hall–Kier alpha value is -0.620. The Balaban J connectivity index is 1.78. The minimum Gasteiger partial charge on any atom is -0.395 e. The molecular weight excluding hydrogens is 246 g/mol. The van der Waals surface area contributed by atoms with E-state index in [1.807, 2.05) is 6.07 Å². The Kier molecular flexibility index (Phi) is 5.00. The van der Waals surface area contributed by atoms with Crippen LogP contribution in [-0.2, 0) is 6.42 Å². The van der Waals surface area contributed by atoms with Gasteiger partial charge in [0.2, 0.25) is 0 Å². The molecule has 2 heterocycles. The molecule has 0 radical (unpaired) electrons. The van der Waals surface area contributed by atoms with E-state index in [9.17, 15) is 0 Å². The van der Waals surface area contributed by atoms with E-state index in [2.05, 4.69) is 22.8 Å². The second kappa shape index (κ2) is 6.52. The lowest BCUT2D eigenvalue weighted by molar-refractivity contribution is 0.0891. The predicted molar refractivity (Wildman–Crippen MR) is 77.0 cm³/mol. The van der Waals surface area contributed by atoms with Crippen LogP contribution in [0.25, 0.3) is 0 Å². The van der Waals surface area contributed by atoms with Crippen molar-refractivity contribution in [1.82, 2.24) is 9.80 Å². The normalized spacial score (nSPS) is 20.1. The van der Waals surface area contributed by atoms with Crippen LogP contribution in [0, 0.1) is 0 Å². The summed E-state index contributed by atoms with van der Waals surface area (Å²) in [5.41, 5.74) is 5.76. The maximum absolute atomic E-state index is 8.93. The average Bonchev–Trinajstić information content (AvgIpc) is 2.76. The van der Waals surface area contributed by atoms with Gasteiger partial charge in [0.15, 0.2) is 0 Å². The molecule has 0 aromatic carbocycles. The largest absolute Gasteiger partial charge is 0.395 e. The van der Waals surface area contributed by atoms with Gasteiger partial charge >= 0.3 is 0 Å². The van der Waals surface area contributed by atoms with Crippen LogP contribution in [0.3, 0.4) is 0 Å². The first-order valence-electron chi connectivity index (χ1n) is 6.60. The second-order valence-corrected chi connectivity index (χ2v) is 6.16. The summed E-state index contributed by atoms with van der Waals surface area (Å²) in [5.74, 6) is 0. The smallest absolute Gasteiger partial charge is 0.0859 e. The molecule has 1 aromatic heterocycles. The summed E-state index contributed by atoms with van der Waals surface area (Å²) >= 11 is 1.70. The highest BCUT2D eigenvalue weighted by Gasteiger charge is 2.21. The van der Waals surface area contributed by atoms with Crippen molar-refractivity contribution >= 4 is 16.3 Å². The number of aliphatic hydroxyl groups is 1. The third-order valence-electron chi connectivity index (χ3n) is 3.63. The maximum Gasteiger partial charge on any atom is 0.0859 e. The molecule has 1 aromatic rings. The van der Waals surface area contributed by atoms with Gasteiger partial charge in [0, 0.05) is 43.6 Å². The summed E-state index contributed by atoms with van der Waals surface area (Å²) < 4.78 is 0. The Labute approximate surface area is 113 Å². The first-order chi connectivity index (χ1) is 8.69. The number of thiophene rings is 1. The van der Waals surface area contributed by atoms with Crippen molar-refractivity contribution in [3.8, 4) is 0 Å². The van der Waals surface area contributed by atoms with Crippen molar-refractivity contribution in [3.63, 3.8) is 0 Å². The number of nitrogens with zero attached hydrogens (tertiary/aromatic N) is 2. The zero-order chi connectivity index (χ0) is 13.0.